The molecule has 1 aromatic heterocycles. The normalized spacial score (nSPS) is 21.8. The van der Waals surface area contributed by atoms with E-state index in [0.717, 1.165) is 20.8 Å². The Morgan fingerprint density at radius 1 is 0.854 bits per heavy atom. The molecule has 0 radical (unpaired) electrons. The summed E-state index contributed by atoms with van der Waals surface area (Å²) in [4.78, 5) is 59.6. The van der Waals surface area contributed by atoms with E-state index < -0.39 is 67.2 Å². The lowest BCUT2D eigenvalue weighted by Crippen LogP contribution is -2.62. The molecule has 15 heteroatoms. The van der Waals surface area contributed by atoms with Crippen LogP contribution in [-0.2, 0) is 58.9 Å². The summed E-state index contributed by atoms with van der Waals surface area (Å²) in [6.45, 7) is 5.80. The van der Waals surface area contributed by atoms with E-state index in [1.807, 2.05) is 0 Å². The number of nitrogens with zero attached hydrogens (tertiary/aromatic N) is 3. The predicted octanol–water partition coefficient (Wildman–Crippen LogP) is 1.04. The molecule has 0 N–H and O–H groups in total. The van der Waals surface area contributed by atoms with E-state index in [4.69, 9.17) is 33.2 Å². The van der Waals surface area contributed by atoms with Crippen LogP contribution in [0.5, 0.6) is 0 Å². The van der Waals surface area contributed by atoms with E-state index in [-0.39, 0.29) is 24.5 Å². The molecule has 1 saturated heterocycles. The van der Waals surface area contributed by atoms with Crippen molar-refractivity contribution in [2.24, 2.45) is 0 Å². The van der Waals surface area contributed by atoms with Crippen molar-refractivity contribution in [3.8, 4) is 5.69 Å². The van der Waals surface area contributed by atoms with Crippen LogP contribution >= 0.6 is 0 Å². The standard InChI is InChI=1S/C26H31N3O12/c1-6-35-25(34)19-9-7-8-10-20(19)29-11-18(27-28-29)12-37-26-24(40-17(5)33)23(39-16(4)32)22(38-15(3)31)21(41-26)13-36-14(2)30/h7-11,21-24,26H,6,12-13H2,1-5H3/t21-,22-,23+,24+,26+/m1/s1. The van der Waals surface area contributed by atoms with Gasteiger partial charge in [0.1, 0.15) is 18.4 Å². The number of hydrogen-bond acceptors (Lipinski definition) is 14. The second-order valence-corrected chi connectivity index (χ2v) is 8.77. The molecule has 1 aliphatic heterocycles. The first-order chi connectivity index (χ1) is 19.5. The molecule has 1 fully saturated rings. The first kappa shape index (κ1) is 31.2. The van der Waals surface area contributed by atoms with Gasteiger partial charge in [-0.05, 0) is 19.1 Å². The van der Waals surface area contributed by atoms with Crippen LogP contribution in [0, 0.1) is 0 Å². The molecule has 0 saturated carbocycles. The second kappa shape index (κ2) is 14.3. The number of carbonyl (C=O) groups is 5. The maximum atomic E-state index is 12.4. The van der Waals surface area contributed by atoms with Crippen LogP contribution in [-0.4, -0.2) is 88.8 Å². The van der Waals surface area contributed by atoms with Gasteiger partial charge in [-0.25, -0.2) is 9.48 Å². The minimum absolute atomic E-state index is 0.194. The van der Waals surface area contributed by atoms with Gasteiger partial charge in [-0.1, -0.05) is 17.3 Å². The lowest BCUT2D eigenvalue weighted by molar-refractivity contribution is -0.310. The third-order valence-corrected chi connectivity index (χ3v) is 5.53. The lowest BCUT2D eigenvalue weighted by Gasteiger charge is -2.43. The Morgan fingerprint density at radius 3 is 2.12 bits per heavy atom. The number of benzene rings is 1. The van der Waals surface area contributed by atoms with Crippen molar-refractivity contribution in [2.45, 2.75) is 71.9 Å². The van der Waals surface area contributed by atoms with E-state index in [1.54, 1.807) is 31.2 Å². The van der Waals surface area contributed by atoms with Gasteiger partial charge in [-0.15, -0.1) is 5.10 Å². The van der Waals surface area contributed by atoms with Gasteiger partial charge in [0.25, 0.3) is 0 Å². The van der Waals surface area contributed by atoms with E-state index in [2.05, 4.69) is 10.3 Å². The first-order valence-electron chi connectivity index (χ1n) is 12.6. The highest BCUT2D eigenvalue weighted by molar-refractivity contribution is 5.93. The summed E-state index contributed by atoms with van der Waals surface area (Å²) in [5.41, 5.74) is 0.972. The molecule has 3 rings (SSSR count). The molecule has 2 aromatic rings. The van der Waals surface area contributed by atoms with Gasteiger partial charge in [0.2, 0.25) is 0 Å². The van der Waals surface area contributed by atoms with Crippen LogP contribution in [0.2, 0.25) is 0 Å². The SMILES string of the molecule is CCOC(=O)c1ccccc1-n1cc(CO[C@H]2O[C@H](COC(C)=O)[C@@H](OC(C)=O)[C@H](OC(C)=O)[C@@H]2OC(C)=O)nn1. The second-order valence-electron chi connectivity index (χ2n) is 8.77. The maximum absolute atomic E-state index is 12.4. The Bertz CT molecular complexity index is 1260. The van der Waals surface area contributed by atoms with Gasteiger partial charge in [0.05, 0.1) is 30.7 Å². The quantitative estimate of drug-likeness (QED) is 0.273. The summed E-state index contributed by atoms with van der Waals surface area (Å²) >= 11 is 0. The number of para-hydroxylation sites is 1. The van der Waals surface area contributed by atoms with Crippen molar-refractivity contribution < 1.29 is 57.1 Å². The van der Waals surface area contributed by atoms with Crippen LogP contribution in [0.15, 0.2) is 30.5 Å². The van der Waals surface area contributed by atoms with E-state index in [9.17, 15) is 24.0 Å². The van der Waals surface area contributed by atoms with E-state index >= 15 is 0 Å². The van der Waals surface area contributed by atoms with Gasteiger partial charge < -0.3 is 33.2 Å². The highest BCUT2D eigenvalue weighted by Crippen LogP contribution is 2.30. The van der Waals surface area contributed by atoms with Crippen LogP contribution in [0.25, 0.3) is 5.69 Å². The number of ether oxygens (including phenoxy) is 7. The van der Waals surface area contributed by atoms with Gasteiger partial charge in [-0.2, -0.15) is 0 Å². The van der Waals surface area contributed by atoms with E-state index in [0.29, 0.717) is 5.69 Å². The van der Waals surface area contributed by atoms with Crippen LogP contribution in [0.4, 0.5) is 0 Å². The molecule has 0 unspecified atom stereocenters. The van der Waals surface area contributed by atoms with Crippen molar-refractivity contribution in [1.29, 1.82) is 0 Å². The van der Waals surface area contributed by atoms with E-state index in [1.165, 1.54) is 17.8 Å². The minimum Gasteiger partial charge on any atom is -0.463 e. The fourth-order valence-corrected chi connectivity index (χ4v) is 4.03. The summed E-state index contributed by atoms with van der Waals surface area (Å²) in [7, 11) is 0. The third-order valence-electron chi connectivity index (χ3n) is 5.53. The molecule has 2 heterocycles. The fourth-order valence-electron chi connectivity index (χ4n) is 4.03. The van der Waals surface area contributed by atoms with Crippen molar-refractivity contribution in [1.82, 2.24) is 15.0 Å². The molecule has 15 nitrogen and oxygen atoms in total. The zero-order valence-electron chi connectivity index (χ0n) is 23.1. The Labute approximate surface area is 234 Å². The van der Waals surface area contributed by atoms with Crippen molar-refractivity contribution in [2.75, 3.05) is 13.2 Å². The molecule has 0 amide bonds. The van der Waals surface area contributed by atoms with Gasteiger partial charge in [0, 0.05) is 27.7 Å². The van der Waals surface area contributed by atoms with Crippen LogP contribution in [0.1, 0.15) is 50.7 Å². The monoisotopic (exact) mass is 577 g/mol. The highest BCUT2D eigenvalue weighted by atomic mass is 16.7. The van der Waals surface area contributed by atoms with Gasteiger partial charge in [0.15, 0.2) is 24.6 Å². The molecular formula is C26H31N3O12. The predicted molar refractivity (Wildman–Crippen MR) is 134 cm³/mol. The van der Waals surface area contributed by atoms with Gasteiger partial charge >= 0.3 is 29.8 Å². The molecule has 5 atom stereocenters. The molecule has 0 aliphatic carbocycles. The largest absolute Gasteiger partial charge is 0.463 e. The number of rotatable bonds is 11. The average molecular weight is 578 g/mol. The Hall–Kier alpha value is -4.37. The summed E-state index contributed by atoms with van der Waals surface area (Å²) in [5, 5.41) is 8.11. The van der Waals surface area contributed by atoms with Crippen molar-refractivity contribution in [3.05, 3.63) is 41.7 Å². The molecule has 1 aliphatic rings. The summed E-state index contributed by atoms with van der Waals surface area (Å²) in [5.74, 6) is -3.44. The molecular weight excluding hydrogens is 546 g/mol. The number of carbonyl (C=O) groups excluding carboxylic acids is 5. The smallest absolute Gasteiger partial charge is 0.340 e. The van der Waals surface area contributed by atoms with Crippen LogP contribution in [0.3, 0.4) is 0 Å². The number of hydrogen-bond donors (Lipinski definition) is 0. The molecule has 222 valence electrons. The lowest BCUT2D eigenvalue weighted by atomic mass is 9.98. The van der Waals surface area contributed by atoms with Crippen molar-refractivity contribution in [3.63, 3.8) is 0 Å². The Morgan fingerprint density at radius 2 is 1.49 bits per heavy atom. The highest BCUT2D eigenvalue weighted by Gasteiger charge is 2.52. The summed E-state index contributed by atoms with van der Waals surface area (Å²) in [6.07, 6.45) is -5.09. The third kappa shape index (κ3) is 8.56. The molecule has 41 heavy (non-hydrogen) atoms. The number of aromatic nitrogens is 3. The minimum atomic E-state index is -1.38. The summed E-state index contributed by atoms with van der Waals surface area (Å²) in [6, 6.07) is 6.64. The van der Waals surface area contributed by atoms with Gasteiger partial charge in [-0.3, -0.25) is 19.2 Å². The van der Waals surface area contributed by atoms with Crippen molar-refractivity contribution >= 4 is 29.8 Å². The fraction of sp³-hybridized carbons (Fsp3) is 0.500. The zero-order valence-corrected chi connectivity index (χ0v) is 23.1. The Balaban J connectivity index is 1.88. The topological polar surface area (TPSA) is 181 Å². The number of esters is 5. The maximum Gasteiger partial charge on any atom is 0.340 e. The average Bonchev–Trinajstić information content (AvgIpc) is 3.37. The first-order valence-corrected chi connectivity index (χ1v) is 12.6. The molecule has 1 aromatic carbocycles. The Kier molecular flexibility index (Phi) is 10.9. The van der Waals surface area contributed by atoms with Crippen LogP contribution < -0.4 is 0 Å². The molecule has 0 bridgehead atoms. The summed E-state index contributed by atoms with van der Waals surface area (Å²) < 4.78 is 39.4. The molecule has 0 spiro atoms. The zero-order chi connectivity index (χ0) is 30.1.